The molecule has 0 radical (unpaired) electrons. The van der Waals surface area contributed by atoms with E-state index in [2.05, 4.69) is 57.4 Å². The molecule has 5 rings (SSSR count). The Bertz CT molecular complexity index is 1300. The van der Waals surface area contributed by atoms with Crippen LogP contribution in [-0.4, -0.2) is 43.5 Å². The number of benzene rings is 2. The average molecular weight is 502 g/mol. The van der Waals surface area contributed by atoms with Crippen molar-refractivity contribution in [3.8, 4) is 10.4 Å². The van der Waals surface area contributed by atoms with Gasteiger partial charge in [-0.15, -0.1) is 11.3 Å². The van der Waals surface area contributed by atoms with Gasteiger partial charge in [-0.25, -0.2) is 0 Å². The highest BCUT2D eigenvalue weighted by Crippen LogP contribution is 2.30. The molecule has 3 heterocycles. The van der Waals surface area contributed by atoms with E-state index < -0.39 is 0 Å². The summed E-state index contributed by atoms with van der Waals surface area (Å²) < 4.78 is 0. The predicted octanol–water partition coefficient (Wildman–Crippen LogP) is 3.49. The number of thiophene rings is 1. The third kappa shape index (κ3) is 5.67. The van der Waals surface area contributed by atoms with Crippen molar-refractivity contribution in [3.05, 3.63) is 82.7 Å². The lowest BCUT2D eigenvalue weighted by molar-refractivity contribution is -0.119. The first-order valence-corrected chi connectivity index (χ1v) is 13.0. The molecule has 2 amide bonds. The minimum atomic E-state index is -0.164. The van der Waals surface area contributed by atoms with Crippen LogP contribution in [0.1, 0.15) is 32.8 Å². The first kappa shape index (κ1) is 24.2. The van der Waals surface area contributed by atoms with Crippen LogP contribution in [0.15, 0.2) is 61.2 Å². The first-order chi connectivity index (χ1) is 17.4. The van der Waals surface area contributed by atoms with Gasteiger partial charge in [0.1, 0.15) is 0 Å². The number of aryl methyl sites for hydroxylation is 1. The van der Waals surface area contributed by atoms with E-state index >= 15 is 0 Å². The summed E-state index contributed by atoms with van der Waals surface area (Å²) in [6.45, 7) is 9.37. The van der Waals surface area contributed by atoms with Crippen molar-refractivity contribution in [3.63, 3.8) is 0 Å². The molecule has 2 aromatic carbocycles. The van der Waals surface area contributed by atoms with Gasteiger partial charge in [0.15, 0.2) is 0 Å². The molecule has 0 bridgehead atoms. The van der Waals surface area contributed by atoms with Crippen LogP contribution in [0, 0.1) is 6.92 Å². The lowest BCUT2D eigenvalue weighted by Crippen LogP contribution is -2.51. The summed E-state index contributed by atoms with van der Waals surface area (Å²) in [5.41, 5.74) is 5.02. The van der Waals surface area contributed by atoms with E-state index in [1.165, 1.54) is 4.88 Å². The first-order valence-electron chi connectivity index (χ1n) is 12.2. The molecule has 0 aliphatic carbocycles. The van der Waals surface area contributed by atoms with E-state index in [0.717, 1.165) is 46.9 Å². The van der Waals surface area contributed by atoms with Crippen LogP contribution in [0.4, 0.5) is 5.69 Å². The highest BCUT2D eigenvalue weighted by molar-refractivity contribution is 7.15. The second-order valence-corrected chi connectivity index (χ2v) is 10.6. The smallest absolute Gasteiger partial charge is 0.256 e. The summed E-state index contributed by atoms with van der Waals surface area (Å²) >= 11 is 1.72. The van der Waals surface area contributed by atoms with Crippen LogP contribution in [0.5, 0.6) is 0 Å². The Morgan fingerprint density at radius 3 is 2.69 bits per heavy atom. The summed E-state index contributed by atoms with van der Waals surface area (Å²) in [4.78, 5) is 26.8. The number of amides is 2. The van der Waals surface area contributed by atoms with Crippen molar-refractivity contribution >= 4 is 34.5 Å². The largest absolute Gasteiger partial charge is 0.380 e. The van der Waals surface area contributed by atoms with Gasteiger partial charge in [-0.3, -0.25) is 9.59 Å². The van der Waals surface area contributed by atoms with Crippen LogP contribution in [0.25, 0.3) is 16.1 Å². The van der Waals surface area contributed by atoms with Crippen molar-refractivity contribution in [2.75, 3.05) is 25.0 Å². The van der Waals surface area contributed by atoms with Crippen molar-refractivity contribution in [1.29, 1.82) is 0 Å². The summed E-state index contributed by atoms with van der Waals surface area (Å²) in [5, 5.41) is 16.0. The van der Waals surface area contributed by atoms with E-state index in [-0.39, 0.29) is 17.9 Å². The Balaban J connectivity index is 1.23. The number of anilines is 1. The Labute approximate surface area is 215 Å². The molecule has 1 atom stereocenters. The zero-order valence-corrected chi connectivity index (χ0v) is 21.1. The molecule has 3 aromatic rings. The number of carbonyl (C=O) groups is 2. The summed E-state index contributed by atoms with van der Waals surface area (Å²) in [6.07, 6.45) is 0.534. The highest BCUT2D eigenvalue weighted by Gasteiger charge is 2.21. The second-order valence-electron chi connectivity index (χ2n) is 9.39. The Hall–Kier alpha value is -3.46. The molecule has 2 aliphatic rings. The number of carbonyl (C=O) groups excluding carboxylic acids is 2. The predicted molar refractivity (Wildman–Crippen MR) is 146 cm³/mol. The average Bonchev–Trinajstić information content (AvgIpc) is 3.50. The van der Waals surface area contributed by atoms with Gasteiger partial charge in [-0.2, -0.15) is 0 Å². The zero-order valence-electron chi connectivity index (χ0n) is 20.3. The third-order valence-corrected chi connectivity index (χ3v) is 7.73. The normalized spacial score (nSPS) is 17.4. The molecule has 2 fully saturated rings. The maximum absolute atomic E-state index is 13.1. The van der Waals surface area contributed by atoms with Gasteiger partial charge in [0.2, 0.25) is 5.91 Å². The molecule has 36 heavy (non-hydrogen) atoms. The number of hydrogen-bond acceptors (Lipinski definition) is 6. The highest BCUT2D eigenvalue weighted by atomic mass is 32.1. The lowest BCUT2D eigenvalue weighted by Gasteiger charge is -2.29. The molecular weight excluding hydrogens is 470 g/mol. The van der Waals surface area contributed by atoms with Crippen LogP contribution < -0.4 is 26.6 Å². The molecule has 5 N–H and O–H groups in total. The minimum absolute atomic E-state index is 0.106. The molecule has 2 aliphatic heterocycles. The molecule has 186 valence electrons. The molecule has 2 saturated heterocycles. The summed E-state index contributed by atoms with van der Waals surface area (Å²) in [6, 6.07) is 18.8. The van der Waals surface area contributed by atoms with Crippen molar-refractivity contribution in [2.45, 2.75) is 32.0 Å². The summed E-state index contributed by atoms with van der Waals surface area (Å²) in [7, 11) is 0. The SMILES string of the molecule is C=C(NC(=O)c1cc(NC2CNC2)ccc1C)c1cccc(-c2ccc(CNC3CNC(=O)C3)s2)c1. The van der Waals surface area contributed by atoms with Crippen LogP contribution in [0.2, 0.25) is 0 Å². The van der Waals surface area contributed by atoms with E-state index in [0.29, 0.717) is 30.3 Å². The van der Waals surface area contributed by atoms with Gasteiger partial charge in [0.25, 0.3) is 5.91 Å². The summed E-state index contributed by atoms with van der Waals surface area (Å²) in [5.74, 6) is -0.0584. The molecule has 1 aromatic heterocycles. The van der Waals surface area contributed by atoms with Crippen molar-refractivity contribution < 1.29 is 9.59 Å². The topological polar surface area (TPSA) is 94.3 Å². The van der Waals surface area contributed by atoms with E-state index in [1.807, 2.05) is 37.3 Å². The number of hydrogen-bond donors (Lipinski definition) is 5. The molecule has 0 saturated carbocycles. The maximum Gasteiger partial charge on any atom is 0.256 e. The van der Waals surface area contributed by atoms with E-state index in [9.17, 15) is 9.59 Å². The fourth-order valence-corrected chi connectivity index (χ4v) is 5.30. The monoisotopic (exact) mass is 501 g/mol. The van der Waals surface area contributed by atoms with Gasteiger partial charge in [0.05, 0.1) is 6.04 Å². The van der Waals surface area contributed by atoms with E-state index in [4.69, 9.17) is 0 Å². The number of rotatable bonds is 9. The standard InChI is InChI=1S/C28H31N5O2S/c1-17-6-7-21(33-23-13-29-14-23)11-25(17)28(35)32-18(2)19-4-3-5-20(10-19)26-9-8-24(36-26)16-30-22-12-27(34)31-15-22/h3-11,22-23,29-30,33H,2,12-16H2,1H3,(H,31,34)(H,32,35). The molecule has 0 spiro atoms. The number of nitrogens with one attached hydrogen (secondary N) is 5. The lowest BCUT2D eigenvalue weighted by atomic mass is 10.0. The van der Waals surface area contributed by atoms with Gasteiger partial charge in [-0.05, 0) is 53.9 Å². The molecular formula is C28H31N5O2S. The fraction of sp³-hybridized carbons (Fsp3) is 0.286. The van der Waals surface area contributed by atoms with Gasteiger partial charge < -0.3 is 26.6 Å². The molecule has 7 nitrogen and oxygen atoms in total. The van der Waals surface area contributed by atoms with Gasteiger partial charge in [-0.1, -0.05) is 30.8 Å². The molecule has 1 unspecified atom stereocenters. The Morgan fingerprint density at radius 2 is 1.94 bits per heavy atom. The maximum atomic E-state index is 13.1. The van der Waals surface area contributed by atoms with Crippen LogP contribution in [-0.2, 0) is 11.3 Å². The van der Waals surface area contributed by atoms with Gasteiger partial charge in [0, 0.05) is 65.3 Å². The molecule has 8 heteroatoms. The second kappa shape index (κ2) is 10.7. The van der Waals surface area contributed by atoms with E-state index in [1.54, 1.807) is 11.3 Å². The third-order valence-electron chi connectivity index (χ3n) is 6.60. The van der Waals surface area contributed by atoms with Crippen molar-refractivity contribution in [1.82, 2.24) is 21.3 Å². The quantitative estimate of drug-likeness (QED) is 0.310. The van der Waals surface area contributed by atoms with Crippen LogP contribution in [0.3, 0.4) is 0 Å². The fourth-order valence-electron chi connectivity index (χ4n) is 4.34. The minimum Gasteiger partial charge on any atom is -0.380 e. The van der Waals surface area contributed by atoms with Crippen molar-refractivity contribution in [2.24, 2.45) is 0 Å². The zero-order chi connectivity index (χ0) is 25.1. The Kier molecular flexibility index (Phi) is 7.18. The van der Waals surface area contributed by atoms with Gasteiger partial charge >= 0.3 is 0 Å². The van der Waals surface area contributed by atoms with Crippen LogP contribution >= 0.6 is 11.3 Å². The Morgan fingerprint density at radius 1 is 1.08 bits per heavy atom.